The summed E-state index contributed by atoms with van der Waals surface area (Å²) in [6, 6.07) is 0.463. The molecule has 0 bridgehead atoms. The van der Waals surface area contributed by atoms with Gasteiger partial charge in [0.2, 0.25) is 6.41 Å². The summed E-state index contributed by atoms with van der Waals surface area (Å²) in [4.78, 5) is 20.5. The topological polar surface area (TPSA) is 58.2 Å². The van der Waals surface area contributed by atoms with Crippen LogP contribution in [-0.2, 0) is 9.59 Å². The van der Waals surface area contributed by atoms with Crippen LogP contribution in [0.25, 0.3) is 0 Å². The van der Waals surface area contributed by atoms with E-state index < -0.39 is 0 Å². The molecule has 0 rings (SSSR count). The van der Waals surface area contributed by atoms with Crippen LogP contribution in [0, 0.1) is 0 Å². The Hall–Kier alpha value is -0.900. The van der Waals surface area contributed by atoms with Gasteiger partial charge in [-0.25, -0.2) is 0 Å². The van der Waals surface area contributed by atoms with Gasteiger partial charge in [-0.3, -0.25) is 4.79 Å². The smallest absolute Gasteiger partial charge is 0.207 e. The molecule has 88 valence electrons. The zero-order valence-electron chi connectivity index (χ0n) is 9.66. The number of unbranched alkanes of at least 4 members (excludes halogenated alkanes) is 3. The van der Waals surface area contributed by atoms with Gasteiger partial charge in [-0.1, -0.05) is 12.8 Å². The Morgan fingerprint density at radius 1 is 1.20 bits per heavy atom. The molecule has 0 aromatic heterocycles. The minimum atomic E-state index is 0.184. The molecule has 0 aliphatic carbocycles. The molecule has 2 unspecified atom stereocenters. The van der Waals surface area contributed by atoms with Crippen LogP contribution in [0.15, 0.2) is 0 Å². The number of likely N-dealkylation sites (N-methyl/N-ethyl adjacent to an activating group) is 1. The van der Waals surface area contributed by atoms with Crippen LogP contribution in [0.4, 0.5) is 0 Å². The van der Waals surface area contributed by atoms with Crippen molar-refractivity contribution < 1.29 is 9.59 Å². The highest BCUT2D eigenvalue weighted by Gasteiger charge is 2.13. The van der Waals surface area contributed by atoms with Crippen molar-refractivity contribution in [1.29, 1.82) is 0 Å². The SMILES string of the molecule is CNC(C)C(CCCCCC=O)NC=O. The van der Waals surface area contributed by atoms with Crippen molar-refractivity contribution in [3.05, 3.63) is 0 Å². The maximum Gasteiger partial charge on any atom is 0.207 e. The summed E-state index contributed by atoms with van der Waals surface area (Å²) in [6.07, 6.45) is 6.36. The monoisotopic (exact) mass is 214 g/mol. The summed E-state index contributed by atoms with van der Waals surface area (Å²) >= 11 is 0. The number of hydrogen-bond donors (Lipinski definition) is 2. The maximum absolute atomic E-state index is 10.4. The van der Waals surface area contributed by atoms with Crippen molar-refractivity contribution in [2.75, 3.05) is 7.05 Å². The molecule has 15 heavy (non-hydrogen) atoms. The van der Waals surface area contributed by atoms with E-state index in [-0.39, 0.29) is 12.1 Å². The van der Waals surface area contributed by atoms with E-state index in [1.807, 2.05) is 14.0 Å². The van der Waals surface area contributed by atoms with Crippen LogP contribution >= 0.6 is 0 Å². The zero-order chi connectivity index (χ0) is 11.5. The average molecular weight is 214 g/mol. The standard InChI is InChI=1S/C11H22N2O2/c1-10(12-2)11(13-9-15)7-5-3-4-6-8-14/h8-12H,3-7H2,1-2H3,(H,13,15). The van der Waals surface area contributed by atoms with Crippen molar-refractivity contribution in [1.82, 2.24) is 10.6 Å². The lowest BCUT2D eigenvalue weighted by atomic mass is 10.0. The minimum Gasteiger partial charge on any atom is -0.354 e. The molecule has 0 fully saturated rings. The molecular formula is C11H22N2O2. The van der Waals surface area contributed by atoms with Crippen LogP contribution in [0.2, 0.25) is 0 Å². The molecule has 0 aromatic carbocycles. The lowest BCUT2D eigenvalue weighted by Crippen LogP contribution is -2.44. The van der Waals surface area contributed by atoms with Crippen molar-refractivity contribution in [2.45, 2.75) is 51.1 Å². The van der Waals surface area contributed by atoms with Gasteiger partial charge in [0.25, 0.3) is 0 Å². The van der Waals surface area contributed by atoms with Crippen LogP contribution in [0.1, 0.15) is 39.0 Å². The van der Waals surface area contributed by atoms with Crippen LogP contribution in [0.3, 0.4) is 0 Å². The number of aldehydes is 1. The Balaban J connectivity index is 3.65. The molecule has 0 aliphatic rings. The van der Waals surface area contributed by atoms with Gasteiger partial charge in [0.15, 0.2) is 0 Å². The molecule has 0 heterocycles. The molecule has 0 aromatic rings. The van der Waals surface area contributed by atoms with Crippen molar-refractivity contribution in [2.24, 2.45) is 0 Å². The first-order valence-electron chi connectivity index (χ1n) is 5.56. The third kappa shape index (κ3) is 7.08. The lowest BCUT2D eigenvalue weighted by molar-refractivity contribution is -0.110. The Kier molecular flexibility index (Phi) is 9.07. The van der Waals surface area contributed by atoms with Crippen molar-refractivity contribution >= 4 is 12.7 Å². The summed E-state index contributed by atoms with van der Waals surface area (Å²) in [5, 5.41) is 5.94. The van der Waals surface area contributed by atoms with Gasteiger partial charge in [-0.15, -0.1) is 0 Å². The maximum atomic E-state index is 10.4. The molecule has 0 spiro atoms. The first kappa shape index (κ1) is 14.1. The van der Waals surface area contributed by atoms with Crippen LogP contribution in [0.5, 0.6) is 0 Å². The Labute approximate surface area is 91.8 Å². The third-order valence-corrected chi connectivity index (χ3v) is 2.68. The van der Waals surface area contributed by atoms with E-state index in [4.69, 9.17) is 0 Å². The van der Waals surface area contributed by atoms with Crippen molar-refractivity contribution in [3.63, 3.8) is 0 Å². The Morgan fingerprint density at radius 3 is 2.47 bits per heavy atom. The normalized spacial score (nSPS) is 14.3. The predicted octanol–water partition coefficient (Wildman–Crippen LogP) is 0.858. The summed E-state index contributed by atoms with van der Waals surface area (Å²) in [5.74, 6) is 0. The molecule has 2 N–H and O–H groups in total. The van der Waals surface area contributed by atoms with Crippen LogP contribution in [-0.4, -0.2) is 31.8 Å². The van der Waals surface area contributed by atoms with E-state index in [9.17, 15) is 9.59 Å². The first-order valence-corrected chi connectivity index (χ1v) is 5.56. The van der Waals surface area contributed by atoms with E-state index in [2.05, 4.69) is 10.6 Å². The molecule has 0 saturated heterocycles. The second kappa shape index (κ2) is 9.65. The van der Waals surface area contributed by atoms with Gasteiger partial charge in [-0.05, 0) is 26.8 Å². The second-order valence-electron chi connectivity index (χ2n) is 3.77. The predicted molar refractivity (Wildman–Crippen MR) is 60.7 cm³/mol. The summed E-state index contributed by atoms with van der Waals surface area (Å²) in [6.45, 7) is 2.05. The van der Waals surface area contributed by atoms with Gasteiger partial charge < -0.3 is 15.4 Å². The van der Waals surface area contributed by atoms with E-state index in [0.717, 1.165) is 38.4 Å². The quantitative estimate of drug-likeness (QED) is 0.419. The largest absolute Gasteiger partial charge is 0.354 e. The van der Waals surface area contributed by atoms with Gasteiger partial charge >= 0.3 is 0 Å². The van der Waals surface area contributed by atoms with Crippen molar-refractivity contribution in [3.8, 4) is 0 Å². The number of carbonyl (C=O) groups is 2. The Bertz CT molecular complexity index is 174. The number of nitrogens with one attached hydrogen (secondary N) is 2. The molecule has 1 amide bonds. The highest BCUT2D eigenvalue weighted by Crippen LogP contribution is 2.07. The molecule has 0 radical (unpaired) electrons. The van der Waals surface area contributed by atoms with Crippen LogP contribution < -0.4 is 10.6 Å². The number of carbonyl (C=O) groups excluding carboxylic acids is 2. The third-order valence-electron chi connectivity index (χ3n) is 2.68. The van der Waals surface area contributed by atoms with Gasteiger partial charge in [0.1, 0.15) is 6.29 Å². The number of amides is 1. The summed E-state index contributed by atoms with van der Waals surface area (Å²) in [5.41, 5.74) is 0. The fourth-order valence-corrected chi connectivity index (χ4v) is 1.53. The van der Waals surface area contributed by atoms with Gasteiger partial charge in [0, 0.05) is 18.5 Å². The summed E-state index contributed by atoms with van der Waals surface area (Å²) < 4.78 is 0. The highest BCUT2D eigenvalue weighted by molar-refractivity contribution is 5.48. The second-order valence-corrected chi connectivity index (χ2v) is 3.77. The minimum absolute atomic E-state index is 0.184. The Morgan fingerprint density at radius 2 is 1.93 bits per heavy atom. The number of rotatable bonds is 10. The first-order chi connectivity index (χ1) is 7.26. The molecule has 2 atom stereocenters. The lowest BCUT2D eigenvalue weighted by Gasteiger charge is -2.22. The van der Waals surface area contributed by atoms with E-state index >= 15 is 0 Å². The highest BCUT2D eigenvalue weighted by atomic mass is 16.1. The fourth-order valence-electron chi connectivity index (χ4n) is 1.53. The molecule has 4 nitrogen and oxygen atoms in total. The fraction of sp³-hybridized carbons (Fsp3) is 0.818. The van der Waals surface area contributed by atoms with E-state index in [0.29, 0.717) is 6.42 Å². The van der Waals surface area contributed by atoms with E-state index in [1.165, 1.54) is 0 Å². The average Bonchev–Trinajstić information content (AvgIpc) is 2.26. The molecular weight excluding hydrogens is 192 g/mol. The molecule has 4 heteroatoms. The molecule has 0 aliphatic heterocycles. The van der Waals surface area contributed by atoms with Gasteiger partial charge in [-0.2, -0.15) is 0 Å². The van der Waals surface area contributed by atoms with E-state index in [1.54, 1.807) is 0 Å². The summed E-state index contributed by atoms with van der Waals surface area (Å²) in [7, 11) is 1.89. The molecule has 0 saturated carbocycles. The van der Waals surface area contributed by atoms with Gasteiger partial charge in [0.05, 0.1) is 0 Å². The zero-order valence-corrected chi connectivity index (χ0v) is 9.66. The number of hydrogen-bond acceptors (Lipinski definition) is 3.